The Morgan fingerprint density at radius 2 is 2.00 bits per heavy atom. The van der Waals surface area contributed by atoms with Gasteiger partial charge in [0.25, 0.3) is 0 Å². The van der Waals surface area contributed by atoms with Crippen molar-refractivity contribution in [2.75, 3.05) is 7.05 Å². The van der Waals surface area contributed by atoms with Gasteiger partial charge in [0, 0.05) is 0 Å². The Labute approximate surface area is 52.4 Å². The van der Waals surface area contributed by atoms with Crippen LogP contribution in [0.4, 0.5) is 0 Å². The molecule has 9 heavy (non-hydrogen) atoms. The predicted molar refractivity (Wildman–Crippen MR) is 30.8 cm³/mol. The molecule has 0 spiro atoms. The lowest BCUT2D eigenvalue weighted by atomic mass is 9.84. The van der Waals surface area contributed by atoms with Crippen molar-refractivity contribution in [1.29, 1.82) is 0 Å². The summed E-state index contributed by atoms with van der Waals surface area (Å²) in [5.74, 6) is -0.862. The van der Waals surface area contributed by atoms with Gasteiger partial charge in [0.2, 0.25) is 11.6 Å². The van der Waals surface area contributed by atoms with Crippen molar-refractivity contribution in [3.8, 4) is 0 Å². The van der Waals surface area contributed by atoms with Crippen LogP contribution in [0.2, 0.25) is 0 Å². The molecule has 0 saturated heterocycles. The Morgan fingerprint density at radius 1 is 1.44 bits per heavy atom. The lowest BCUT2D eigenvalue weighted by Crippen LogP contribution is -2.67. The minimum absolute atomic E-state index is 0.398. The third-order valence-corrected chi connectivity index (χ3v) is 1.50. The molecule has 1 aliphatic rings. The SMILES string of the molecule is CNC1C(=O)C(=O)C1N. The maximum Gasteiger partial charge on any atom is 0.219 e. The second-order valence-corrected chi connectivity index (χ2v) is 2.02. The number of nitrogens with two attached hydrogens (primary N) is 1. The van der Waals surface area contributed by atoms with Gasteiger partial charge >= 0.3 is 0 Å². The number of Topliss-reactive ketones (excluding diaryl/α,β-unsaturated/α-hetero) is 2. The van der Waals surface area contributed by atoms with Crippen molar-refractivity contribution in [2.24, 2.45) is 5.73 Å². The van der Waals surface area contributed by atoms with E-state index in [4.69, 9.17) is 5.73 Å². The molecule has 1 rings (SSSR count). The molecule has 50 valence electrons. The molecule has 2 atom stereocenters. The van der Waals surface area contributed by atoms with Crippen molar-refractivity contribution >= 4 is 11.6 Å². The summed E-state index contributed by atoms with van der Waals surface area (Å²) in [6.07, 6.45) is 0. The van der Waals surface area contributed by atoms with E-state index in [0.29, 0.717) is 0 Å². The van der Waals surface area contributed by atoms with Gasteiger partial charge in [-0.25, -0.2) is 0 Å². The third-order valence-electron chi connectivity index (χ3n) is 1.50. The van der Waals surface area contributed by atoms with Gasteiger partial charge in [-0.1, -0.05) is 0 Å². The van der Waals surface area contributed by atoms with Crippen LogP contribution < -0.4 is 11.1 Å². The fraction of sp³-hybridized carbons (Fsp3) is 0.600. The minimum atomic E-state index is -0.609. The van der Waals surface area contributed by atoms with Crippen molar-refractivity contribution in [3.63, 3.8) is 0 Å². The van der Waals surface area contributed by atoms with Gasteiger partial charge in [0.15, 0.2) is 0 Å². The second-order valence-electron chi connectivity index (χ2n) is 2.02. The highest BCUT2D eigenvalue weighted by Crippen LogP contribution is 2.07. The van der Waals surface area contributed by atoms with Crippen molar-refractivity contribution in [2.45, 2.75) is 12.1 Å². The molecule has 0 aromatic rings. The second kappa shape index (κ2) is 1.89. The topological polar surface area (TPSA) is 72.2 Å². The van der Waals surface area contributed by atoms with Crippen LogP contribution >= 0.6 is 0 Å². The highest BCUT2D eigenvalue weighted by molar-refractivity contribution is 6.48. The molecular weight excluding hydrogens is 120 g/mol. The summed E-state index contributed by atoms with van der Waals surface area (Å²) in [6.45, 7) is 0. The normalized spacial score (nSPS) is 34.4. The van der Waals surface area contributed by atoms with Gasteiger partial charge in [-0.05, 0) is 7.05 Å². The number of ketones is 2. The van der Waals surface area contributed by atoms with Crippen molar-refractivity contribution < 1.29 is 9.59 Å². The minimum Gasteiger partial charge on any atom is -0.319 e. The Hall–Kier alpha value is -0.740. The van der Waals surface area contributed by atoms with Gasteiger partial charge in [-0.15, -0.1) is 0 Å². The summed E-state index contributed by atoms with van der Waals surface area (Å²) in [7, 11) is 1.61. The zero-order chi connectivity index (χ0) is 7.02. The number of hydrogen-bond acceptors (Lipinski definition) is 4. The van der Waals surface area contributed by atoms with E-state index in [2.05, 4.69) is 5.32 Å². The van der Waals surface area contributed by atoms with Crippen molar-refractivity contribution in [1.82, 2.24) is 5.32 Å². The van der Waals surface area contributed by atoms with Crippen LogP contribution in [0.25, 0.3) is 0 Å². The number of carbonyl (C=O) groups excluding carboxylic acids is 2. The largest absolute Gasteiger partial charge is 0.319 e. The number of hydrogen-bond donors (Lipinski definition) is 2. The first-order chi connectivity index (χ1) is 4.18. The van der Waals surface area contributed by atoms with Gasteiger partial charge in [-0.2, -0.15) is 0 Å². The summed E-state index contributed by atoms with van der Waals surface area (Å²) in [5, 5.41) is 2.64. The molecule has 1 aliphatic carbocycles. The number of likely N-dealkylation sites (N-methyl/N-ethyl adjacent to an activating group) is 1. The summed E-state index contributed by atoms with van der Waals surface area (Å²) < 4.78 is 0. The Bertz CT molecular complexity index is 166. The highest BCUT2D eigenvalue weighted by atomic mass is 16.2. The number of carbonyl (C=O) groups is 2. The van der Waals surface area contributed by atoms with E-state index in [1.807, 2.05) is 0 Å². The molecule has 1 saturated carbocycles. The molecule has 0 heterocycles. The first-order valence-electron chi connectivity index (χ1n) is 2.69. The van der Waals surface area contributed by atoms with Gasteiger partial charge in [0.05, 0.1) is 12.1 Å². The van der Waals surface area contributed by atoms with Gasteiger partial charge in [0.1, 0.15) is 0 Å². The highest BCUT2D eigenvalue weighted by Gasteiger charge is 2.45. The summed E-state index contributed by atoms with van der Waals surface area (Å²) in [6, 6.07) is -1.04. The fourth-order valence-corrected chi connectivity index (χ4v) is 0.846. The van der Waals surface area contributed by atoms with E-state index in [1.54, 1.807) is 7.05 Å². The Kier molecular flexibility index (Phi) is 1.34. The maximum absolute atomic E-state index is 10.5. The molecule has 0 radical (unpaired) electrons. The van der Waals surface area contributed by atoms with Crippen LogP contribution in [-0.4, -0.2) is 30.7 Å². The molecular formula is C5H8N2O2. The molecule has 1 fully saturated rings. The average molecular weight is 128 g/mol. The Morgan fingerprint density at radius 3 is 2.22 bits per heavy atom. The van der Waals surface area contributed by atoms with E-state index in [1.165, 1.54) is 0 Å². The van der Waals surface area contributed by atoms with E-state index in [0.717, 1.165) is 0 Å². The molecule has 0 aliphatic heterocycles. The fourth-order valence-electron chi connectivity index (χ4n) is 0.846. The Balaban J connectivity index is 2.61. The van der Waals surface area contributed by atoms with E-state index < -0.39 is 23.7 Å². The van der Waals surface area contributed by atoms with Crippen LogP contribution in [0.1, 0.15) is 0 Å². The molecule has 0 amide bonds. The maximum atomic E-state index is 10.5. The molecule has 0 aromatic carbocycles. The molecule has 0 aromatic heterocycles. The lowest BCUT2D eigenvalue weighted by Gasteiger charge is -2.28. The molecule has 4 nitrogen and oxygen atoms in total. The summed E-state index contributed by atoms with van der Waals surface area (Å²) in [5.41, 5.74) is 5.23. The van der Waals surface area contributed by atoms with Crippen LogP contribution in [0, 0.1) is 0 Å². The monoisotopic (exact) mass is 128 g/mol. The van der Waals surface area contributed by atoms with Gasteiger partial charge < -0.3 is 11.1 Å². The standard InChI is InChI=1S/C5H8N2O2/c1-7-3-2(6)4(8)5(3)9/h2-3,7H,6H2,1H3. The quantitative estimate of drug-likeness (QED) is 0.403. The van der Waals surface area contributed by atoms with Crippen molar-refractivity contribution in [3.05, 3.63) is 0 Å². The first-order valence-corrected chi connectivity index (χ1v) is 2.69. The van der Waals surface area contributed by atoms with E-state index in [9.17, 15) is 9.59 Å². The van der Waals surface area contributed by atoms with E-state index >= 15 is 0 Å². The first kappa shape index (κ1) is 6.38. The molecule has 0 bridgehead atoms. The zero-order valence-electron chi connectivity index (χ0n) is 5.05. The lowest BCUT2D eigenvalue weighted by molar-refractivity contribution is -0.146. The van der Waals surface area contributed by atoms with E-state index in [-0.39, 0.29) is 0 Å². The predicted octanol–water partition coefficient (Wildman–Crippen LogP) is -1.95. The van der Waals surface area contributed by atoms with Crippen LogP contribution in [0.15, 0.2) is 0 Å². The van der Waals surface area contributed by atoms with Crippen LogP contribution in [-0.2, 0) is 9.59 Å². The third kappa shape index (κ3) is 0.674. The number of nitrogens with one attached hydrogen (secondary N) is 1. The zero-order valence-corrected chi connectivity index (χ0v) is 5.05. The van der Waals surface area contributed by atoms with Gasteiger partial charge in [-0.3, -0.25) is 9.59 Å². The average Bonchev–Trinajstić information content (AvgIpc) is 1.89. The molecule has 2 unspecified atom stereocenters. The van der Waals surface area contributed by atoms with Crippen LogP contribution in [0.5, 0.6) is 0 Å². The molecule has 4 heteroatoms. The smallest absolute Gasteiger partial charge is 0.219 e. The summed E-state index contributed by atoms with van der Waals surface area (Å²) >= 11 is 0. The molecule has 3 N–H and O–H groups in total. The van der Waals surface area contributed by atoms with Crippen LogP contribution in [0.3, 0.4) is 0 Å². The number of rotatable bonds is 1. The summed E-state index contributed by atoms with van der Waals surface area (Å²) in [4.78, 5) is 20.9.